The molecule has 7 heteroatoms. The van der Waals surface area contributed by atoms with Crippen LogP contribution >= 0.6 is 12.4 Å². The zero-order valence-electron chi connectivity index (χ0n) is 12.4. The number of rotatable bonds is 7. The Morgan fingerprint density at radius 3 is 2.76 bits per heavy atom. The van der Waals surface area contributed by atoms with E-state index >= 15 is 0 Å². The van der Waals surface area contributed by atoms with Gasteiger partial charge in [0.05, 0.1) is 5.69 Å². The summed E-state index contributed by atoms with van der Waals surface area (Å²) in [5.74, 6) is -0.282. The van der Waals surface area contributed by atoms with Gasteiger partial charge < -0.3 is 16.4 Å². The smallest absolute Gasteiger partial charge is 0.251 e. The van der Waals surface area contributed by atoms with Crippen molar-refractivity contribution in [1.82, 2.24) is 15.6 Å². The lowest BCUT2D eigenvalue weighted by atomic mass is 10.2. The summed E-state index contributed by atoms with van der Waals surface area (Å²) < 4.78 is 0. The Morgan fingerprint density at radius 1 is 1.43 bits per heavy atom. The number of halogens is 1. The maximum Gasteiger partial charge on any atom is 0.251 e. The molecule has 0 aromatic carbocycles. The van der Waals surface area contributed by atoms with Gasteiger partial charge in [-0.25, -0.2) is 0 Å². The molecule has 0 radical (unpaired) electrons. The molecule has 0 spiro atoms. The molecule has 21 heavy (non-hydrogen) atoms. The van der Waals surface area contributed by atoms with E-state index < -0.39 is 0 Å². The van der Waals surface area contributed by atoms with E-state index in [-0.39, 0.29) is 36.7 Å². The van der Waals surface area contributed by atoms with Crippen molar-refractivity contribution in [2.45, 2.75) is 39.3 Å². The molecule has 0 saturated carbocycles. The van der Waals surface area contributed by atoms with E-state index in [9.17, 15) is 9.59 Å². The van der Waals surface area contributed by atoms with E-state index in [1.807, 2.05) is 13.8 Å². The summed E-state index contributed by atoms with van der Waals surface area (Å²) in [5.41, 5.74) is 6.63. The number of nitrogens with zero attached hydrogens (tertiary/aromatic N) is 1. The average molecular weight is 315 g/mol. The van der Waals surface area contributed by atoms with Crippen molar-refractivity contribution in [3.05, 3.63) is 29.6 Å². The summed E-state index contributed by atoms with van der Waals surface area (Å²) in [7, 11) is 0. The summed E-state index contributed by atoms with van der Waals surface area (Å²) in [6.45, 7) is 4.55. The van der Waals surface area contributed by atoms with Gasteiger partial charge in [0.15, 0.2) is 0 Å². The summed E-state index contributed by atoms with van der Waals surface area (Å²) in [4.78, 5) is 27.4. The van der Waals surface area contributed by atoms with Crippen molar-refractivity contribution in [2.24, 2.45) is 5.73 Å². The summed E-state index contributed by atoms with van der Waals surface area (Å²) in [6, 6.07) is 3.42. The SMILES string of the molecule is CCC(C)NC(=O)CCNC(=O)c1ccnc(CN)c1.Cl. The van der Waals surface area contributed by atoms with E-state index in [0.29, 0.717) is 24.3 Å². The molecular formula is C14H23ClN4O2. The molecule has 1 atom stereocenters. The lowest BCUT2D eigenvalue weighted by molar-refractivity contribution is -0.121. The average Bonchev–Trinajstić information content (AvgIpc) is 2.46. The largest absolute Gasteiger partial charge is 0.354 e. The van der Waals surface area contributed by atoms with Crippen molar-refractivity contribution >= 4 is 24.2 Å². The zero-order chi connectivity index (χ0) is 15.0. The first-order valence-electron chi connectivity index (χ1n) is 6.79. The van der Waals surface area contributed by atoms with Crippen LogP contribution in [-0.2, 0) is 11.3 Å². The Kier molecular flexibility index (Phi) is 9.32. The second-order valence-electron chi connectivity index (χ2n) is 4.62. The van der Waals surface area contributed by atoms with Crippen molar-refractivity contribution in [3.63, 3.8) is 0 Å². The fraction of sp³-hybridized carbons (Fsp3) is 0.500. The first kappa shape index (κ1) is 19.3. The van der Waals surface area contributed by atoms with Crippen LogP contribution in [0.1, 0.15) is 42.7 Å². The van der Waals surface area contributed by atoms with Gasteiger partial charge in [0.1, 0.15) is 0 Å². The molecule has 0 aliphatic heterocycles. The highest BCUT2D eigenvalue weighted by Crippen LogP contribution is 2.01. The van der Waals surface area contributed by atoms with Crippen LogP contribution in [0.2, 0.25) is 0 Å². The van der Waals surface area contributed by atoms with E-state index in [1.165, 1.54) is 0 Å². The van der Waals surface area contributed by atoms with Crippen molar-refractivity contribution in [2.75, 3.05) is 6.54 Å². The van der Waals surface area contributed by atoms with Gasteiger partial charge in [-0.05, 0) is 25.5 Å². The van der Waals surface area contributed by atoms with Gasteiger partial charge in [0, 0.05) is 37.3 Å². The Bertz CT molecular complexity index is 468. The first-order chi connectivity index (χ1) is 9.56. The molecular weight excluding hydrogens is 292 g/mol. The van der Waals surface area contributed by atoms with Crippen molar-refractivity contribution < 1.29 is 9.59 Å². The highest BCUT2D eigenvalue weighted by Gasteiger charge is 2.08. The van der Waals surface area contributed by atoms with Crippen LogP contribution in [0.25, 0.3) is 0 Å². The third kappa shape index (κ3) is 7.06. The van der Waals surface area contributed by atoms with Gasteiger partial charge in [0.2, 0.25) is 5.91 Å². The van der Waals surface area contributed by atoms with Crippen LogP contribution in [0.15, 0.2) is 18.3 Å². The third-order valence-electron chi connectivity index (χ3n) is 2.95. The molecule has 0 bridgehead atoms. The Balaban J connectivity index is 0.00000400. The maximum absolute atomic E-state index is 11.9. The Hall–Kier alpha value is -1.66. The van der Waals surface area contributed by atoms with Crippen LogP contribution < -0.4 is 16.4 Å². The van der Waals surface area contributed by atoms with Gasteiger partial charge in [-0.15, -0.1) is 12.4 Å². The van der Waals surface area contributed by atoms with Crippen LogP contribution in [0.3, 0.4) is 0 Å². The van der Waals surface area contributed by atoms with Crippen LogP contribution in [0.4, 0.5) is 0 Å². The molecule has 1 aromatic rings. The third-order valence-corrected chi connectivity index (χ3v) is 2.95. The molecule has 0 fully saturated rings. The number of hydrogen-bond acceptors (Lipinski definition) is 4. The molecule has 118 valence electrons. The lowest BCUT2D eigenvalue weighted by Gasteiger charge is -2.11. The van der Waals surface area contributed by atoms with E-state index in [0.717, 1.165) is 6.42 Å². The first-order valence-corrected chi connectivity index (χ1v) is 6.79. The summed E-state index contributed by atoms with van der Waals surface area (Å²) >= 11 is 0. The fourth-order valence-electron chi connectivity index (χ4n) is 1.57. The number of nitrogens with one attached hydrogen (secondary N) is 2. The predicted molar refractivity (Wildman–Crippen MR) is 84.2 cm³/mol. The number of pyridine rings is 1. The molecule has 1 unspecified atom stereocenters. The van der Waals surface area contributed by atoms with E-state index in [1.54, 1.807) is 18.3 Å². The lowest BCUT2D eigenvalue weighted by Crippen LogP contribution is -2.35. The van der Waals surface area contributed by atoms with Gasteiger partial charge >= 0.3 is 0 Å². The predicted octanol–water partition coefficient (Wildman–Crippen LogP) is 0.997. The van der Waals surface area contributed by atoms with E-state index in [4.69, 9.17) is 5.73 Å². The fourth-order valence-corrected chi connectivity index (χ4v) is 1.57. The monoisotopic (exact) mass is 314 g/mol. The number of amides is 2. The maximum atomic E-state index is 11.9. The zero-order valence-corrected chi connectivity index (χ0v) is 13.2. The number of nitrogens with two attached hydrogens (primary N) is 1. The van der Waals surface area contributed by atoms with Crippen molar-refractivity contribution in [3.8, 4) is 0 Å². The molecule has 0 aliphatic rings. The topological polar surface area (TPSA) is 97.1 Å². The number of hydrogen-bond donors (Lipinski definition) is 3. The summed E-state index contributed by atoms with van der Waals surface area (Å²) in [5, 5.41) is 5.55. The van der Waals surface area contributed by atoms with Gasteiger partial charge in [-0.2, -0.15) is 0 Å². The number of carbonyl (C=O) groups excluding carboxylic acids is 2. The molecule has 1 rings (SSSR count). The minimum absolute atomic E-state index is 0. The normalized spacial score (nSPS) is 11.2. The second-order valence-corrected chi connectivity index (χ2v) is 4.62. The van der Waals surface area contributed by atoms with Crippen molar-refractivity contribution in [1.29, 1.82) is 0 Å². The molecule has 0 saturated heterocycles. The molecule has 0 aliphatic carbocycles. The van der Waals surface area contributed by atoms with Gasteiger partial charge in [-0.3, -0.25) is 14.6 Å². The molecule has 6 nitrogen and oxygen atoms in total. The number of aromatic nitrogens is 1. The highest BCUT2D eigenvalue weighted by atomic mass is 35.5. The van der Waals surface area contributed by atoms with Gasteiger partial charge in [-0.1, -0.05) is 6.92 Å². The van der Waals surface area contributed by atoms with Crippen LogP contribution in [-0.4, -0.2) is 29.4 Å². The molecule has 1 aromatic heterocycles. The summed E-state index contributed by atoms with van der Waals surface area (Å²) in [6.07, 6.45) is 2.70. The standard InChI is InChI=1S/C14H22N4O2.ClH/c1-3-10(2)18-13(19)5-7-17-14(20)11-4-6-16-12(8-11)9-15;/h4,6,8,10H,3,5,7,9,15H2,1-2H3,(H,17,20)(H,18,19);1H. The molecule has 4 N–H and O–H groups in total. The van der Waals surface area contributed by atoms with Crippen LogP contribution in [0.5, 0.6) is 0 Å². The van der Waals surface area contributed by atoms with Gasteiger partial charge in [0.25, 0.3) is 5.91 Å². The Morgan fingerprint density at radius 2 is 2.14 bits per heavy atom. The quantitative estimate of drug-likeness (QED) is 0.699. The molecule has 2 amide bonds. The minimum Gasteiger partial charge on any atom is -0.354 e. The van der Waals surface area contributed by atoms with E-state index in [2.05, 4.69) is 15.6 Å². The Labute approximate surface area is 131 Å². The minimum atomic E-state index is -0.224. The highest BCUT2D eigenvalue weighted by molar-refractivity contribution is 5.94. The van der Waals surface area contributed by atoms with Crippen LogP contribution in [0, 0.1) is 0 Å². The second kappa shape index (κ2) is 10.1. The molecule has 1 heterocycles. The number of carbonyl (C=O) groups is 2.